The third-order valence-electron chi connectivity index (χ3n) is 3.79. The molecule has 2 heterocycles. The fourth-order valence-electron chi connectivity index (χ4n) is 2.67. The Bertz CT molecular complexity index is 717. The van der Waals surface area contributed by atoms with E-state index in [-0.39, 0.29) is 11.8 Å². The lowest BCUT2D eigenvalue weighted by atomic mass is 10.2. The molecule has 0 amide bonds. The van der Waals surface area contributed by atoms with E-state index in [4.69, 9.17) is 4.74 Å². The number of pyridine rings is 1. The van der Waals surface area contributed by atoms with Crippen LogP contribution < -0.4 is 4.90 Å². The van der Waals surface area contributed by atoms with Crippen LogP contribution in [0.15, 0.2) is 43.0 Å². The van der Waals surface area contributed by atoms with Gasteiger partial charge in [0, 0.05) is 30.6 Å². The van der Waals surface area contributed by atoms with Gasteiger partial charge in [0.2, 0.25) is 0 Å². The maximum atomic E-state index is 10.8. The van der Waals surface area contributed by atoms with Crippen molar-refractivity contribution in [1.82, 2.24) is 4.98 Å². The number of nitrogens with zero attached hydrogens (tertiary/aromatic N) is 3. The highest BCUT2D eigenvalue weighted by Gasteiger charge is 2.23. The average molecular weight is 299 g/mol. The predicted molar refractivity (Wildman–Crippen MR) is 85.2 cm³/mol. The van der Waals surface area contributed by atoms with E-state index in [2.05, 4.69) is 16.5 Å². The summed E-state index contributed by atoms with van der Waals surface area (Å²) in [7, 11) is 0. The molecule has 114 valence electrons. The van der Waals surface area contributed by atoms with Crippen molar-refractivity contribution in [3.63, 3.8) is 0 Å². The Morgan fingerprint density at radius 2 is 2.32 bits per heavy atom. The molecule has 0 N–H and O–H groups in total. The standard InChI is InChI=1S/C16H17N3O3/c1-2-9-22-14-7-8-18(11-14)16-6-3-12-10-13(19(20)21)4-5-15(12)17-16/h2-6,10,14H,1,7-9,11H2. The summed E-state index contributed by atoms with van der Waals surface area (Å²) in [5, 5.41) is 11.6. The number of hydrogen-bond donors (Lipinski definition) is 0. The number of rotatable bonds is 5. The van der Waals surface area contributed by atoms with Crippen molar-refractivity contribution in [2.24, 2.45) is 0 Å². The zero-order valence-electron chi connectivity index (χ0n) is 12.1. The molecule has 1 unspecified atom stereocenters. The molecule has 1 saturated heterocycles. The van der Waals surface area contributed by atoms with E-state index in [1.807, 2.05) is 12.1 Å². The fraction of sp³-hybridized carbons (Fsp3) is 0.312. The van der Waals surface area contributed by atoms with Crippen LogP contribution in [0.4, 0.5) is 11.5 Å². The summed E-state index contributed by atoms with van der Waals surface area (Å²) >= 11 is 0. The zero-order valence-corrected chi connectivity index (χ0v) is 12.1. The van der Waals surface area contributed by atoms with E-state index < -0.39 is 4.92 Å². The minimum atomic E-state index is -0.393. The van der Waals surface area contributed by atoms with Gasteiger partial charge >= 0.3 is 0 Å². The zero-order chi connectivity index (χ0) is 15.5. The summed E-state index contributed by atoms with van der Waals surface area (Å²) in [6.45, 7) is 5.92. The van der Waals surface area contributed by atoms with Crippen LogP contribution in [0.25, 0.3) is 10.9 Å². The van der Waals surface area contributed by atoms with E-state index in [0.717, 1.165) is 36.2 Å². The highest BCUT2D eigenvalue weighted by atomic mass is 16.6. The van der Waals surface area contributed by atoms with Crippen LogP contribution in [0.3, 0.4) is 0 Å². The number of benzene rings is 1. The Morgan fingerprint density at radius 1 is 1.45 bits per heavy atom. The number of anilines is 1. The van der Waals surface area contributed by atoms with Gasteiger partial charge in [0.05, 0.1) is 23.2 Å². The normalized spacial score (nSPS) is 17.8. The molecule has 1 aliphatic heterocycles. The molecule has 0 spiro atoms. The van der Waals surface area contributed by atoms with Crippen molar-refractivity contribution >= 4 is 22.4 Å². The van der Waals surface area contributed by atoms with Gasteiger partial charge < -0.3 is 9.64 Å². The molecular formula is C16H17N3O3. The maximum absolute atomic E-state index is 10.8. The molecule has 1 aromatic carbocycles. The van der Waals surface area contributed by atoms with Crippen molar-refractivity contribution in [3.05, 3.63) is 53.1 Å². The lowest BCUT2D eigenvalue weighted by Crippen LogP contribution is -2.23. The summed E-state index contributed by atoms with van der Waals surface area (Å²) in [5.74, 6) is 0.881. The first-order valence-electron chi connectivity index (χ1n) is 7.20. The van der Waals surface area contributed by atoms with Crippen molar-refractivity contribution < 1.29 is 9.66 Å². The lowest BCUT2D eigenvalue weighted by Gasteiger charge is -2.17. The van der Waals surface area contributed by atoms with E-state index in [1.165, 1.54) is 6.07 Å². The van der Waals surface area contributed by atoms with Crippen molar-refractivity contribution in [3.8, 4) is 0 Å². The number of aromatic nitrogens is 1. The third kappa shape index (κ3) is 2.92. The molecule has 0 radical (unpaired) electrons. The highest BCUT2D eigenvalue weighted by molar-refractivity contribution is 5.82. The number of nitro benzene ring substituents is 1. The quantitative estimate of drug-likeness (QED) is 0.482. The van der Waals surface area contributed by atoms with E-state index in [0.29, 0.717) is 6.61 Å². The maximum Gasteiger partial charge on any atom is 0.270 e. The van der Waals surface area contributed by atoms with E-state index in [9.17, 15) is 10.1 Å². The van der Waals surface area contributed by atoms with Gasteiger partial charge in [0.25, 0.3) is 5.69 Å². The minimum Gasteiger partial charge on any atom is -0.372 e. The van der Waals surface area contributed by atoms with Crippen LogP contribution in [-0.4, -0.2) is 35.7 Å². The first-order chi connectivity index (χ1) is 10.7. The predicted octanol–water partition coefficient (Wildman–Crippen LogP) is 2.92. The van der Waals surface area contributed by atoms with Gasteiger partial charge in [-0.2, -0.15) is 0 Å². The minimum absolute atomic E-state index is 0.0844. The monoisotopic (exact) mass is 299 g/mol. The van der Waals surface area contributed by atoms with Crippen LogP contribution in [0.1, 0.15) is 6.42 Å². The van der Waals surface area contributed by atoms with Crippen LogP contribution in [0, 0.1) is 10.1 Å². The number of hydrogen-bond acceptors (Lipinski definition) is 5. The Kier molecular flexibility index (Phi) is 4.02. The summed E-state index contributed by atoms with van der Waals surface area (Å²) in [4.78, 5) is 17.2. The molecule has 3 rings (SSSR count). The van der Waals surface area contributed by atoms with E-state index >= 15 is 0 Å². The van der Waals surface area contributed by atoms with Crippen LogP contribution in [-0.2, 0) is 4.74 Å². The van der Waals surface area contributed by atoms with Gasteiger partial charge in [0.1, 0.15) is 5.82 Å². The van der Waals surface area contributed by atoms with Crippen LogP contribution in [0.5, 0.6) is 0 Å². The van der Waals surface area contributed by atoms with Crippen LogP contribution in [0.2, 0.25) is 0 Å². The van der Waals surface area contributed by atoms with Crippen molar-refractivity contribution in [1.29, 1.82) is 0 Å². The molecule has 2 aromatic rings. The highest BCUT2D eigenvalue weighted by Crippen LogP contribution is 2.25. The van der Waals surface area contributed by atoms with Gasteiger partial charge in [-0.15, -0.1) is 6.58 Å². The Hall–Kier alpha value is -2.47. The first kappa shape index (κ1) is 14.5. The number of ether oxygens (including phenoxy) is 1. The van der Waals surface area contributed by atoms with Gasteiger partial charge in [-0.05, 0) is 24.6 Å². The van der Waals surface area contributed by atoms with E-state index in [1.54, 1.807) is 18.2 Å². The second kappa shape index (κ2) is 6.11. The molecule has 1 atom stereocenters. The summed E-state index contributed by atoms with van der Waals surface area (Å²) in [5.41, 5.74) is 0.847. The second-order valence-electron chi connectivity index (χ2n) is 5.28. The topological polar surface area (TPSA) is 68.5 Å². The SMILES string of the molecule is C=CCOC1CCN(c2ccc3cc([N+](=O)[O-])ccc3n2)C1. The molecule has 1 aliphatic rings. The smallest absolute Gasteiger partial charge is 0.270 e. The molecular weight excluding hydrogens is 282 g/mol. The number of non-ortho nitro benzene ring substituents is 1. The Balaban J connectivity index is 1.79. The number of fused-ring (bicyclic) bond motifs is 1. The average Bonchev–Trinajstić information content (AvgIpc) is 3.00. The molecule has 0 saturated carbocycles. The van der Waals surface area contributed by atoms with Gasteiger partial charge in [-0.25, -0.2) is 4.98 Å². The molecule has 1 aromatic heterocycles. The molecule has 6 nitrogen and oxygen atoms in total. The summed E-state index contributed by atoms with van der Waals surface area (Å²) < 4.78 is 5.67. The molecule has 0 aliphatic carbocycles. The van der Waals surface area contributed by atoms with Gasteiger partial charge in [-0.3, -0.25) is 10.1 Å². The van der Waals surface area contributed by atoms with Crippen molar-refractivity contribution in [2.45, 2.75) is 12.5 Å². The largest absolute Gasteiger partial charge is 0.372 e. The summed E-state index contributed by atoms with van der Waals surface area (Å²) in [6.07, 6.45) is 2.92. The Labute approximate surface area is 128 Å². The van der Waals surface area contributed by atoms with Gasteiger partial charge in [0.15, 0.2) is 0 Å². The molecule has 22 heavy (non-hydrogen) atoms. The fourth-order valence-corrected chi connectivity index (χ4v) is 2.67. The van der Waals surface area contributed by atoms with Crippen molar-refractivity contribution in [2.75, 3.05) is 24.6 Å². The summed E-state index contributed by atoms with van der Waals surface area (Å²) in [6, 6.07) is 8.51. The lowest BCUT2D eigenvalue weighted by molar-refractivity contribution is -0.384. The Morgan fingerprint density at radius 3 is 3.09 bits per heavy atom. The molecule has 0 bridgehead atoms. The number of nitro groups is 1. The molecule has 6 heteroatoms. The second-order valence-corrected chi connectivity index (χ2v) is 5.28. The molecule has 1 fully saturated rings. The third-order valence-corrected chi connectivity index (χ3v) is 3.79. The first-order valence-corrected chi connectivity index (χ1v) is 7.20. The van der Waals surface area contributed by atoms with Crippen LogP contribution >= 0.6 is 0 Å². The van der Waals surface area contributed by atoms with Gasteiger partial charge in [-0.1, -0.05) is 6.08 Å².